The van der Waals surface area contributed by atoms with Crippen LogP contribution in [0.1, 0.15) is 31.4 Å². The number of hydrogen-bond acceptors (Lipinski definition) is 5. The lowest BCUT2D eigenvalue weighted by Crippen LogP contribution is -2.10. The van der Waals surface area contributed by atoms with E-state index in [4.69, 9.17) is 10.5 Å². The first-order valence-electron chi connectivity index (χ1n) is 5.32. The van der Waals surface area contributed by atoms with Crippen LogP contribution in [0.4, 0.5) is 5.69 Å². The van der Waals surface area contributed by atoms with E-state index in [1.54, 1.807) is 0 Å². The van der Waals surface area contributed by atoms with E-state index in [1.165, 1.54) is 19.2 Å². The van der Waals surface area contributed by atoms with Crippen LogP contribution in [0, 0.1) is 10.1 Å². The highest BCUT2D eigenvalue weighted by molar-refractivity contribution is 5.57. The van der Waals surface area contributed by atoms with E-state index in [9.17, 15) is 15.2 Å². The third-order valence-electron chi connectivity index (χ3n) is 2.52. The maximum atomic E-state index is 10.8. The summed E-state index contributed by atoms with van der Waals surface area (Å²) in [6, 6.07) is 2.52. The van der Waals surface area contributed by atoms with Crippen LogP contribution >= 0.6 is 0 Å². The molecule has 0 aliphatic heterocycles. The zero-order chi connectivity index (χ0) is 13.0. The maximum absolute atomic E-state index is 10.8. The Morgan fingerprint density at radius 1 is 1.59 bits per heavy atom. The average Bonchev–Trinajstić information content (AvgIpc) is 2.29. The normalized spacial score (nSPS) is 12.2. The Morgan fingerprint density at radius 3 is 2.71 bits per heavy atom. The second kappa shape index (κ2) is 5.49. The molecule has 1 aromatic rings. The van der Waals surface area contributed by atoms with E-state index in [0.29, 0.717) is 12.0 Å². The van der Waals surface area contributed by atoms with Crippen molar-refractivity contribution < 1.29 is 14.8 Å². The van der Waals surface area contributed by atoms with Crippen LogP contribution in [0.5, 0.6) is 11.5 Å². The van der Waals surface area contributed by atoms with Crippen LogP contribution in [0.25, 0.3) is 0 Å². The number of aromatic hydroxyl groups is 1. The SMILES string of the molecule is CCC[C@@H](N)c1cc(OC)c(O)c([N+](=O)[O-])c1. The molecule has 1 atom stereocenters. The average molecular weight is 240 g/mol. The van der Waals surface area contributed by atoms with Crippen molar-refractivity contribution in [1.82, 2.24) is 0 Å². The number of benzene rings is 1. The molecule has 0 aliphatic rings. The van der Waals surface area contributed by atoms with Crippen molar-refractivity contribution in [1.29, 1.82) is 0 Å². The summed E-state index contributed by atoms with van der Waals surface area (Å²) in [5.41, 5.74) is 6.10. The second-order valence-corrected chi connectivity index (χ2v) is 3.74. The number of ether oxygens (including phenoxy) is 1. The number of nitrogens with two attached hydrogens (primary N) is 1. The summed E-state index contributed by atoms with van der Waals surface area (Å²) in [5.74, 6) is -0.397. The van der Waals surface area contributed by atoms with E-state index in [1.807, 2.05) is 6.92 Å². The first kappa shape index (κ1) is 13.2. The molecule has 0 spiro atoms. The summed E-state index contributed by atoms with van der Waals surface area (Å²) in [6.45, 7) is 1.98. The van der Waals surface area contributed by atoms with Crippen molar-refractivity contribution in [3.63, 3.8) is 0 Å². The monoisotopic (exact) mass is 240 g/mol. The lowest BCUT2D eigenvalue weighted by Gasteiger charge is -2.13. The van der Waals surface area contributed by atoms with E-state index in [2.05, 4.69) is 0 Å². The van der Waals surface area contributed by atoms with Crippen LogP contribution in [-0.4, -0.2) is 17.1 Å². The van der Waals surface area contributed by atoms with Gasteiger partial charge in [-0.2, -0.15) is 0 Å². The molecular formula is C11H16N2O4. The molecule has 0 aromatic heterocycles. The van der Waals surface area contributed by atoms with Crippen molar-refractivity contribution >= 4 is 5.69 Å². The van der Waals surface area contributed by atoms with Gasteiger partial charge in [0.2, 0.25) is 5.75 Å². The minimum absolute atomic E-state index is 0.0701. The molecule has 0 fully saturated rings. The molecule has 1 aromatic carbocycles. The van der Waals surface area contributed by atoms with Crippen molar-refractivity contribution in [2.75, 3.05) is 7.11 Å². The molecule has 0 aliphatic carbocycles. The fraction of sp³-hybridized carbons (Fsp3) is 0.455. The second-order valence-electron chi connectivity index (χ2n) is 3.74. The molecule has 0 bridgehead atoms. The van der Waals surface area contributed by atoms with Crippen molar-refractivity contribution in [3.8, 4) is 11.5 Å². The van der Waals surface area contributed by atoms with Crippen molar-refractivity contribution in [2.24, 2.45) is 5.73 Å². The number of nitrogens with zero attached hydrogens (tertiary/aromatic N) is 1. The van der Waals surface area contributed by atoms with Gasteiger partial charge in [0.15, 0.2) is 5.75 Å². The van der Waals surface area contributed by atoms with Crippen LogP contribution < -0.4 is 10.5 Å². The van der Waals surface area contributed by atoms with E-state index in [0.717, 1.165) is 6.42 Å². The van der Waals surface area contributed by atoms with Gasteiger partial charge in [-0.15, -0.1) is 0 Å². The molecule has 0 unspecified atom stereocenters. The summed E-state index contributed by atoms with van der Waals surface area (Å²) in [7, 11) is 1.34. The molecule has 0 saturated heterocycles. The van der Waals surface area contributed by atoms with Crippen LogP contribution in [0.3, 0.4) is 0 Å². The Morgan fingerprint density at radius 2 is 2.24 bits per heavy atom. The molecule has 94 valence electrons. The molecule has 1 rings (SSSR count). The number of nitro groups is 1. The topological polar surface area (TPSA) is 98.6 Å². The van der Waals surface area contributed by atoms with Crippen molar-refractivity contribution in [3.05, 3.63) is 27.8 Å². The largest absolute Gasteiger partial charge is 0.500 e. The molecule has 3 N–H and O–H groups in total. The Balaban J connectivity index is 3.24. The molecule has 0 heterocycles. The predicted octanol–water partition coefficient (Wildman–Crippen LogP) is 2.11. The molecule has 6 heteroatoms. The zero-order valence-corrected chi connectivity index (χ0v) is 9.84. The number of phenolic OH excluding ortho intramolecular Hbond substituents is 1. The van der Waals surface area contributed by atoms with Gasteiger partial charge in [0.1, 0.15) is 0 Å². The van der Waals surface area contributed by atoms with Gasteiger partial charge in [-0.25, -0.2) is 0 Å². The summed E-state index contributed by atoms with van der Waals surface area (Å²) >= 11 is 0. The van der Waals surface area contributed by atoms with Crippen LogP contribution in [-0.2, 0) is 0 Å². The highest BCUT2D eigenvalue weighted by Crippen LogP contribution is 2.38. The van der Waals surface area contributed by atoms with Crippen LogP contribution in [0.15, 0.2) is 12.1 Å². The van der Waals surface area contributed by atoms with Gasteiger partial charge in [-0.05, 0) is 18.1 Å². The van der Waals surface area contributed by atoms with Gasteiger partial charge in [0.25, 0.3) is 0 Å². The maximum Gasteiger partial charge on any atom is 0.314 e. The summed E-state index contributed by atoms with van der Waals surface area (Å²) in [4.78, 5) is 10.1. The smallest absolute Gasteiger partial charge is 0.314 e. The van der Waals surface area contributed by atoms with E-state index in [-0.39, 0.29) is 17.5 Å². The van der Waals surface area contributed by atoms with Gasteiger partial charge in [-0.1, -0.05) is 13.3 Å². The molecule has 0 saturated carbocycles. The minimum Gasteiger partial charge on any atom is -0.500 e. The highest BCUT2D eigenvalue weighted by atomic mass is 16.6. The Kier molecular flexibility index (Phi) is 4.28. The predicted molar refractivity (Wildman–Crippen MR) is 63.1 cm³/mol. The molecular weight excluding hydrogens is 224 g/mol. The standard InChI is InChI=1S/C11H16N2O4/c1-3-4-8(12)7-5-9(13(15)16)11(14)10(6-7)17-2/h5-6,8,14H,3-4,12H2,1-2H3/t8-/m1/s1. The van der Waals surface area contributed by atoms with Gasteiger partial charge >= 0.3 is 5.69 Å². The molecule has 0 amide bonds. The fourth-order valence-electron chi connectivity index (χ4n) is 1.60. The lowest BCUT2D eigenvalue weighted by molar-refractivity contribution is -0.386. The Bertz CT molecular complexity index is 420. The van der Waals surface area contributed by atoms with E-state index >= 15 is 0 Å². The number of phenols is 1. The Labute approximate surface area is 99.2 Å². The van der Waals surface area contributed by atoms with Gasteiger partial charge in [0, 0.05) is 12.1 Å². The summed E-state index contributed by atoms with van der Waals surface area (Å²) < 4.78 is 4.89. The number of nitro benzene ring substituents is 1. The van der Waals surface area contributed by atoms with Crippen molar-refractivity contribution in [2.45, 2.75) is 25.8 Å². The van der Waals surface area contributed by atoms with Crippen LogP contribution in [0.2, 0.25) is 0 Å². The number of methoxy groups -OCH3 is 1. The molecule has 0 radical (unpaired) electrons. The Hall–Kier alpha value is -1.82. The zero-order valence-electron chi connectivity index (χ0n) is 9.84. The molecule has 17 heavy (non-hydrogen) atoms. The fourth-order valence-corrected chi connectivity index (χ4v) is 1.60. The quantitative estimate of drug-likeness (QED) is 0.606. The number of hydrogen-bond donors (Lipinski definition) is 2. The van der Waals surface area contributed by atoms with Gasteiger partial charge in [0.05, 0.1) is 12.0 Å². The first-order chi connectivity index (χ1) is 8.01. The number of rotatable bonds is 5. The first-order valence-corrected chi connectivity index (χ1v) is 5.32. The van der Waals surface area contributed by atoms with E-state index < -0.39 is 10.7 Å². The third kappa shape index (κ3) is 2.85. The summed E-state index contributed by atoms with van der Waals surface area (Å²) in [5, 5.41) is 20.4. The minimum atomic E-state index is -0.653. The highest BCUT2D eigenvalue weighted by Gasteiger charge is 2.21. The lowest BCUT2D eigenvalue weighted by atomic mass is 10.0. The van der Waals surface area contributed by atoms with Gasteiger partial charge < -0.3 is 15.6 Å². The molecule has 6 nitrogen and oxygen atoms in total. The van der Waals surface area contributed by atoms with Gasteiger partial charge in [-0.3, -0.25) is 10.1 Å². The summed E-state index contributed by atoms with van der Waals surface area (Å²) in [6.07, 6.45) is 1.59. The third-order valence-corrected chi connectivity index (χ3v) is 2.52.